The first kappa shape index (κ1) is 14.8. The highest BCUT2D eigenvalue weighted by Crippen LogP contribution is 2.30. The van der Waals surface area contributed by atoms with E-state index in [9.17, 15) is 9.90 Å². The van der Waals surface area contributed by atoms with Crippen molar-refractivity contribution in [1.82, 2.24) is 10.2 Å². The number of aliphatic hydroxyl groups is 1. The standard InChI is InChI=1S/C15H28N2O2/c1-15(2,19)11-17-10-13-9-16-7-5-3-4-6-12(13)8-14(17)18/h12-13,16,19H,3-11H2,1-2H3. The van der Waals surface area contributed by atoms with Crippen LogP contribution in [0.3, 0.4) is 0 Å². The molecule has 2 unspecified atom stereocenters. The molecule has 0 spiro atoms. The minimum absolute atomic E-state index is 0.225. The quantitative estimate of drug-likeness (QED) is 0.795. The van der Waals surface area contributed by atoms with E-state index in [4.69, 9.17) is 0 Å². The van der Waals surface area contributed by atoms with E-state index in [1.807, 2.05) is 4.90 Å². The Balaban J connectivity index is 1.99. The second-order valence-electron chi connectivity index (χ2n) is 6.86. The summed E-state index contributed by atoms with van der Waals surface area (Å²) in [6.45, 7) is 6.92. The Morgan fingerprint density at radius 3 is 2.84 bits per heavy atom. The Kier molecular flexibility index (Phi) is 4.85. The van der Waals surface area contributed by atoms with Gasteiger partial charge in [-0.3, -0.25) is 4.79 Å². The van der Waals surface area contributed by atoms with Crippen LogP contribution in [-0.2, 0) is 4.79 Å². The van der Waals surface area contributed by atoms with Crippen molar-refractivity contribution >= 4 is 5.91 Å². The van der Waals surface area contributed by atoms with Gasteiger partial charge in [-0.2, -0.15) is 0 Å². The average molecular weight is 268 g/mol. The number of amides is 1. The van der Waals surface area contributed by atoms with Crippen LogP contribution in [0.4, 0.5) is 0 Å². The summed E-state index contributed by atoms with van der Waals surface area (Å²) in [5.74, 6) is 1.32. The van der Waals surface area contributed by atoms with Gasteiger partial charge < -0.3 is 15.3 Å². The van der Waals surface area contributed by atoms with Gasteiger partial charge in [0.2, 0.25) is 5.91 Å². The Morgan fingerprint density at radius 2 is 2.11 bits per heavy atom. The van der Waals surface area contributed by atoms with Crippen molar-refractivity contribution < 1.29 is 9.90 Å². The molecule has 2 heterocycles. The van der Waals surface area contributed by atoms with Crippen molar-refractivity contribution in [2.75, 3.05) is 26.2 Å². The van der Waals surface area contributed by atoms with E-state index >= 15 is 0 Å². The zero-order chi connectivity index (χ0) is 13.9. The number of likely N-dealkylation sites (tertiary alicyclic amines) is 1. The van der Waals surface area contributed by atoms with Gasteiger partial charge in [0.05, 0.1) is 5.60 Å². The molecule has 1 amide bonds. The number of carbonyl (C=O) groups is 1. The topological polar surface area (TPSA) is 52.6 Å². The molecule has 0 aromatic heterocycles. The molecule has 4 nitrogen and oxygen atoms in total. The maximum Gasteiger partial charge on any atom is 0.222 e. The van der Waals surface area contributed by atoms with Crippen LogP contribution in [0, 0.1) is 11.8 Å². The maximum absolute atomic E-state index is 12.2. The van der Waals surface area contributed by atoms with Gasteiger partial charge in [0, 0.05) is 19.5 Å². The minimum atomic E-state index is -0.797. The summed E-state index contributed by atoms with van der Waals surface area (Å²) in [7, 11) is 0. The van der Waals surface area contributed by atoms with Gasteiger partial charge in [-0.25, -0.2) is 0 Å². The molecule has 2 rings (SSSR count). The number of fused-ring (bicyclic) bond motifs is 1. The summed E-state index contributed by atoms with van der Waals surface area (Å²) < 4.78 is 0. The van der Waals surface area contributed by atoms with Crippen LogP contribution in [0.2, 0.25) is 0 Å². The Labute approximate surface area is 116 Å². The van der Waals surface area contributed by atoms with Gasteiger partial charge >= 0.3 is 0 Å². The van der Waals surface area contributed by atoms with Crippen LogP contribution in [-0.4, -0.2) is 47.7 Å². The molecule has 0 saturated carbocycles. The van der Waals surface area contributed by atoms with E-state index in [2.05, 4.69) is 5.32 Å². The normalized spacial score (nSPS) is 30.3. The van der Waals surface area contributed by atoms with Crippen molar-refractivity contribution in [3.8, 4) is 0 Å². The number of β-amino-alcohol motifs (C(OH)–C–C–N with tert-alkyl or cyclic N) is 1. The smallest absolute Gasteiger partial charge is 0.222 e. The average Bonchev–Trinajstić information content (AvgIpc) is 2.40. The molecule has 0 radical (unpaired) electrons. The zero-order valence-electron chi connectivity index (χ0n) is 12.3. The molecule has 0 aromatic carbocycles. The van der Waals surface area contributed by atoms with Gasteiger partial charge in [0.25, 0.3) is 0 Å². The fourth-order valence-electron chi connectivity index (χ4n) is 3.36. The Hall–Kier alpha value is -0.610. The van der Waals surface area contributed by atoms with Crippen molar-refractivity contribution in [3.05, 3.63) is 0 Å². The zero-order valence-corrected chi connectivity index (χ0v) is 12.3. The molecule has 2 atom stereocenters. The van der Waals surface area contributed by atoms with Crippen LogP contribution in [0.1, 0.15) is 46.0 Å². The summed E-state index contributed by atoms with van der Waals surface area (Å²) >= 11 is 0. The lowest BCUT2D eigenvalue weighted by Crippen LogP contribution is -2.51. The number of nitrogens with zero attached hydrogens (tertiary/aromatic N) is 1. The van der Waals surface area contributed by atoms with E-state index in [1.165, 1.54) is 25.7 Å². The summed E-state index contributed by atoms with van der Waals surface area (Å²) in [4.78, 5) is 14.1. The third-order valence-corrected chi connectivity index (χ3v) is 4.32. The number of piperidine rings is 1. The molecule has 2 aliphatic rings. The molecule has 19 heavy (non-hydrogen) atoms. The van der Waals surface area contributed by atoms with Crippen molar-refractivity contribution in [3.63, 3.8) is 0 Å². The fraction of sp³-hybridized carbons (Fsp3) is 0.933. The summed E-state index contributed by atoms with van der Waals surface area (Å²) in [5, 5.41) is 13.4. The number of hydrogen-bond donors (Lipinski definition) is 2. The SMILES string of the molecule is CC(C)(O)CN1CC2CNCCCCCC2CC1=O. The molecule has 2 N–H and O–H groups in total. The Bertz CT molecular complexity index is 312. The molecule has 110 valence electrons. The molecule has 2 aliphatic heterocycles. The van der Waals surface area contributed by atoms with Crippen LogP contribution in [0.25, 0.3) is 0 Å². The van der Waals surface area contributed by atoms with Gasteiger partial charge in [-0.15, -0.1) is 0 Å². The highest BCUT2D eigenvalue weighted by Gasteiger charge is 2.35. The largest absolute Gasteiger partial charge is 0.389 e. The first-order valence-corrected chi connectivity index (χ1v) is 7.66. The minimum Gasteiger partial charge on any atom is -0.389 e. The summed E-state index contributed by atoms with van der Waals surface area (Å²) in [6.07, 6.45) is 5.64. The maximum atomic E-state index is 12.2. The number of rotatable bonds is 2. The third-order valence-electron chi connectivity index (χ3n) is 4.32. The molecular formula is C15H28N2O2. The number of nitrogens with one attached hydrogen (secondary N) is 1. The van der Waals surface area contributed by atoms with Crippen molar-refractivity contribution in [1.29, 1.82) is 0 Å². The molecule has 0 bridgehead atoms. The van der Waals surface area contributed by atoms with Gasteiger partial charge in [-0.05, 0) is 51.6 Å². The molecule has 2 fully saturated rings. The molecule has 4 heteroatoms. The first-order chi connectivity index (χ1) is 8.96. The van der Waals surface area contributed by atoms with Gasteiger partial charge in [0.1, 0.15) is 0 Å². The van der Waals surface area contributed by atoms with Crippen LogP contribution in [0.15, 0.2) is 0 Å². The van der Waals surface area contributed by atoms with E-state index in [0.29, 0.717) is 24.8 Å². The highest BCUT2D eigenvalue weighted by atomic mass is 16.3. The highest BCUT2D eigenvalue weighted by molar-refractivity contribution is 5.77. The third kappa shape index (κ3) is 4.46. The lowest BCUT2D eigenvalue weighted by atomic mass is 9.81. The second kappa shape index (κ2) is 6.23. The molecule has 0 aromatic rings. The first-order valence-electron chi connectivity index (χ1n) is 7.66. The van der Waals surface area contributed by atoms with Crippen molar-refractivity contribution in [2.45, 2.75) is 51.6 Å². The fourth-order valence-corrected chi connectivity index (χ4v) is 3.36. The molecule has 0 aliphatic carbocycles. The van der Waals surface area contributed by atoms with E-state index in [0.717, 1.165) is 19.6 Å². The predicted octanol–water partition coefficient (Wildman–Crippen LogP) is 1.39. The van der Waals surface area contributed by atoms with Gasteiger partial charge in [0.15, 0.2) is 0 Å². The van der Waals surface area contributed by atoms with Crippen LogP contribution < -0.4 is 5.32 Å². The van der Waals surface area contributed by atoms with E-state index < -0.39 is 5.60 Å². The monoisotopic (exact) mass is 268 g/mol. The van der Waals surface area contributed by atoms with Gasteiger partial charge in [-0.1, -0.05) is 12.8 Å². The second-order valence-corrected chi connectivity index (χ2v) is 6.86. The molecule has 2 saturated heterocycles. The Morgan fingerprint density at radius 1 is 1.32 bits per heavy atom. The van der Waals surface area contributed by atoms with Crippen LogP contribution >= 0.6 is 0 Å². The number of carbonyl (C=O) groups excluding carboxylic acids is 1. The van der Waals surface area contributed by atoms with Crippen LogP contribution in [0.5, 0.6) is 0 Å². The van der Waals surface area contributed by atoms with Crippen molar-refractivity contribution in [2.24, 2.45) is 11.8 Å². The lowest BCUT2D eigenvalue weighted by molar-refractivity contribution is -0.140. The lowest BCUT2D eigenvalue weighted by Gasteiger charge is -2.40. The number of hydrogen-bond acceptors (Lipinski definition) is 3. The van der Waals surface area contributed by atoms with E-state index in [-0.39, 0.29) is 5.91 Å². The predicted molar refractivity (Wildman–Crippen MR) is 75.8 cm³/mol. The summed E-state index contributed by atoms with van der Waals surface area (Å²) in [6, 6.07) is 0. The van der Waals surface area contributed by atoms with E-state index in [1.54, 1.807) is 13.8 Å². The molecular weight excluding hydrogens is 240 g/mol. The summed E-state index contributed by atoms with van der Waals surface area (Å²) in [5.41, 5.74) is -0.797.